The molecule has 2 fully saturated rings. The van der Waals surface area contributed by atoms with Gasteiger partial charge in [-0.15, -0.1) is 0 Å². The summed E-state index contributed by atoms with van der Waals surface area (Å²) >= 11 is 5.29. The normalized spacial score (nSPS) is 15.4. The monoisotopic (exact) mass is 524 g/mol. The molecule has 0 atom stereocenters. The molecule has 37 heavy (non-hydrogen) atoms. The smallest absolute Gasteiger partial charge is 0.293 e. The maximum Gasteiger partial charge on any atom is 0.293 e. The molecule has 2 aliphatic rings. The largest absolute Gasteiger partial charge is 0.368 e. The molecular formula is C26H32N6O4S. The molecule has 11 heteroatoms. The lowest BCUT2D eigenvalue weighted by Crippen LogP contribution is -2.48. The van der Waals surface area contributed by atoms with Crippen LogP contribution in [0.2, 0.25) is 0 Å². The average molecular weight is 525 g/mol. The Bertz CT molecular complexity index is 1160. The lowest BCUT2D eigenvalue weighted by molar-refractivity contribution is -0.384. The molecule has 2 N–H and O–H groups in total. The number of nitro groups is 1. The molecule has 0 radical (unpaired) electrons. The van der Waals surface area contributed by atoms with Crippen molar-refractivity contribution < 1.29 is 14.5 Å². The molecule has 2 amide bonds. The van der Waals surface area contributed by atoms with Gasteiger partial charge in [0.1, 0.15) is 5.69 Å². The zero-order chi connectivity index (χ0) is 26.4. The van der Waals surface area contributed by atoms with Gasteiger partial charge in [-0.3, -0.25) is 25.0 Å². The van der Waals surface area contributed by atoms with Gasteiger partial charge in [0.05, 0.1) is 4.92 Å². The van der Waals surface area contributed by atoms with Crippen LogP contribution in [0.5, 0.6) is 0 Å². The number of piperazine rings is 1. The number of thiocarbonyl (C=S) groups is 1. The second-order valence-electron chi connectivity index (χ2n) is 9.23. The van der Waals surface area contributed by atoms with E-state index in [0.717, 1.165) is 51.1 Å². The Morgan fingerprint density at radius 3 is 2.27 bits per heavy atom. The Hall–Kier alpha value is -3.73. The van der Waals surface area contributed by atoms with Crippen LogP contribution >= 0.6 is 12.2 Å². The highest BCUT2D eigenvalue weighted by Gasteiger charge is 2.24. The van der Waals surface area contributed by atoms with Crippen molar-refractivity contribution in [1.82, 2.24) is 10.2 Å². The standard InChI is InChI=1S/C26H32N6O4S/c1-2-5-24(33)31-16-14-29(15-17-31)21-9-7-20(8-10-21)27-26(37)28-25(34)19-6-11-22(23(18-19)32(35)36)30-12-3-4-13-30/h6-11,18H,2-5,12-17H2,1H3,(H2,27,28,34,37). The van der Waals surface area contributed by atoms with Gasteiger partial charge in [0.2, 0.25) is 5.91 Å². The predicted molar refractivity (Wildman–Crippen MR) is 148 cm³/mol. The van der Waals surface area contributed by atoms with Gasteiger partial charge in [-0.25, -0.2) is 0 Å². The molecule has 0 aliphatic carbocycles. The van der Waals surface area contributed by atoms with Gasteiger partial charge >= 0.3 is 0 Å². The lowest BCUT2D eigenvalue weighted by Gasteiger charge is -2.36. The van der Waals surface area contributed by atoms with Crippen molar-refractivity contribution in [2.75, 3.05) is 54.4 Å². The third kappa shape index (κ3) is 6.53. The molecule has 0 spiro atoms. The van der Waals surface area contributed by atoms with Gasteiger partial charge < -0.3 is 20.0 Å². The highest BCUT2D eigenvalue weighted by molar-refractivity contribution is 7.80. The van der Waals surface area contributed by atoms with Gasteiger partial charge in [-0.1, -0.05) is 6.92 Å². The number of nitrogens with one attached hydrogen (secondary N) is 2. The first-order chi connectivity index (χ1) is 17.9. The SMILES string of the molecule is CCCC(=O)N1CCN(c2ccc(NC(=S)NC(=O)c3ccc(N4CCCC4)c([N+](=O)[O-])c3)cc2)CC1. The second-order valence-corrected chi connectivity index (χ2v) is 9.64. The van der Waals surface area contributed by atoms with E-state index < -0.39 is 10.8 Å². The maximum atomic E-state index is 12.7. The highest BCUT2D eigenvalue weighted by atomic mass is 32.1. The number of carbonyl (C=O) groups is 2. The minimum atomic E-state index is -0.513. The van der Waals surface area contributed by atoms with Gasteiger partial charge in [0.15, 0.2) is 5.11 Å². The molecule has 0 bridgehead atoms. The van der Waals surface area contributed by atoms with Crippen LogP contribution < -0.4 is 20.4 Å². The number of rotatable bonds is 7. The zero-order valence-electron chi connectivity index (χ0n) is 20.9. The first-order valence-electron chi connectivity index (χ1n) is 12.6. The third-order valence-corrected chi connectivity index (χ3v) is 6.90. The predicted octanol–water partition coefficient (Wildman–Crippen LogP) is 3.77. The van der Waals surface area contributed by atoms with Crippen LogP contribution in [0.15, 0.2) is 42.5 Å². The molecule has 2 aromatic carbocycles. The van der Waals surface area contributed by atoms with E-state index in [0.29, 0.717) is 30.9 Å². The fourth-order valence-electron chi connectivity index (χ4n) is 4.72. The molecule has 0 aromatic heterocycles. The van der Waals surface area contributed by atoms with Gasteiger partial charge in [-0.2, -0.15) is 0 Å². The Morgan fingerprint density at radius 2 is 1.65 bits per heavy atom. The van der Waals surface area contributed by atoms with Crippen molar-refractivity contribution in [1.29, 1.82) is 0 Å². The van der Waals surface area contributed by atoms with Crippen LogP contribution in [0, 0.1) is 10.1 Å². The molecule has 196 valence electrons. The number of nitro benzene ring substituents is 1. The summed E-state index contributed by atoms with van der Waals surface area (Å²) in [5, 5.41) is 17.3. The van der Waals surface area contributed by atoms with E-state index in [-0.39, 0.29) is 22.3 Å². The van der Waals surface area contributed by atoms with E-state index in [1.54, 1.807) is 12.1 Å². The number of hydrogen-bond donors (Lipinski definition) is 2. The minimum Gasteiger partial charge on any atom is -0.368 e. The molecule has 4 rings (SSSR count). The number of nitrogens with zero attached hydrogens (tertiary/aromatic N) is 4. The number of anilines is 3. The number of benzene rings is 2. The van der Waals surface area contributed by atoms with Crippen LogP contribution in [0.4, 0.5) is 22.7 Å². The molecule has 2 saturated heterocycles. The number of hydrogen-bond acceptors (Lipinski definition) is 7. The van der Waals surface area contributed by atoms with Gasteiger partial charge in [-0.05, 0) is 67.9 Å². The molecule has 2 aliphatic heterocycles. The van der Waals surface area contributed by atoms with E-state index in [9.17, 15) is 19.7 Å². The summed E-state index contributed by atoms with van der Waals surface area (Å²) in [4.78, 5) is 42.1. The fourth-order valence-corrected chi connectivity index (χ4v) is 4.93. The van der Waals surface area contributed by atoms with Crippen molar-refractivity contribution in [3.8, 4) is 0 Å². The zero-order valence-corrected chi connectivity index (χ0v) is 21.8. The molecule has 0 saturated carbocycles. The molecular weight excluding hydrogens is 492 g/mol. The van der Waals surface area contributed by atoms with E-state index in [2.05, 4.69) is 15.5 Å². The summed E-state index contributed by atoms with van der Waals surface area (Å²) in [6.07, 6.45) is 3.45. The van der Waals surface area contributed by atoms with Gasteiger partial charge in [0, 0.05) is 68.7 Å². The van der Waals surface area contributed by atoms with Crippen LogP contribution in [0.25, 0.3) is 0 Å². The van der Waals surface area contributed by atoms with E-state index in [1.165, 1.54) is 6.07 Å². The molecule has 10 nitrogen and oxygen atoms in total. The third-order valence-electron chi connectivity index (χ3n) is 6.69. The Labute approximate surface area is 221 Å². The first-order valence-corrected chi connectivity index (χ1v) is 13.0. The van der Waals surface area contributed by atoms with Crippen molar-refractivity contribution >= 4 is 51.9 Å². The molecule has 2 heterocycles. The first kappa shape index (κ1) is 26.3. The average Bonchev–Trinajstić information content (AvgIpc) is 3.44. The van der Waals surface area contributed by atoms with Crippen LogP contribution in [-0.2, 0) is 4.79 Å². The van der Waals surface area contributed by atoms with Crippen molar-refractivity contribution in [3.63, 3.8) is 0 Å². The van der Waals surface area contributed by atoms with Crippen LogP contribution in [-0.4, -0.2) is 66.0 Å². The topological polar surface area (TPSA) is 111 Å². The number of carbonyl (C=O) groups excluding carboxylic acids is 2. The Balaban J connectivity index is 1.31. The Morgan fingerprint density at radius 1 is 0.973 bits per heavy atom. The summed E-state index contributed by atoms with van der Waals surface area (Å²) < 4.78 is 0. The summed E-state index contributed by atoms with van der Waals surface area (Å²) in [5.74, 6) is -0.296. The van der Waals surface area contributed by atoms with Crippen LogP contribution in [0.1, 0.15) is 43.0 Å². The second kappa shape index (κ2) is 12.0. The van der Waals surface area contributed by atoms with Crippen molar-refractivity contribution in [2.24, 2.45) is 0 Å². The summed E-state index contributed by atoms with van der Waals surface area (Å²) in [7, 11) is 0. The lowest BCUT2D eigenvalue weighted by atomic mass is 10.1. The van der Waals surface area contributed by atoms with Crippen LogP contribution in [0.3, 0.4) is 0 Å². The van der Waals surface area contributed by atoms with Crippen molar-refractivity contribution in [2.45, 2.75) is 32.6 Å². The van der Waals surface area contributed by atoms with E-state index in [4.69, 9.17) is 12.2 Å². The van der Waals surface area contributed by atoms with E-state index >= 15 is 0 Å². The summed E-state index contributed by atoms with van der Waals surface area (Å²) in [6.45, 7) is 6.54. The van der Waals surface area contributed by atoms with Gasteiger partial charge in [0.25, 0.3) is 11.6 Å². The maximum absolute atomic E-state index is 12.7. The molecule has 2 aromatic rings. The fraction of sp³-hybridized carbons (Fsp3) is 0.423. The summed E-state index contributed by atoms with van der Waals surface area (Å²) in [5.41, 5.74) is 2.38. The highest BCUT2D eigenvalue weighted by Crippen LogP contribution is 2.31. The molecule has 0 unspecified atom stereocenters. The summed E-state index contributed by atoms with van der Waals surface area (Å²) in [6, 6.07) is 12.2. The van der Waals surface area contributed by atoms with E-state index in [1.807, 2.05) is 41.0 Å². The quantitative estimate of drug-likeness (QED) is 0.320. The van der Waals surface area contributed by atoms with Crippen molar-refractivity contribution in [3.05, 3.63) is 58.1 Å². The minimum absolute atomic E-state index is 0.0837. The number of amides is 2. The Kier molecular flexibility index (Phi) is 8.54.